The van der Waals surface area contributed by atoms with E-state index in [2.05, 4.69) is 5.32 Å². The Kier molecular flexibility index (Phi) is 5.77. The first kappa shape index (κ1) is 13.5. The third-order valence-corrected chi connectivity index (χ3v) is 2.92. The Balaban J connectivity index is 2.08. The summed E-state index contributed by atoms with van der Waals surface area (Å²) in [5.41, 5.74) is 0. The van der Waals surface area contributed by atoms with E-state index in [9.17, 15) is 4.79 Å². The Hall–Kier alpha value is -0.610. The van der Waals surface area contributed by atoms with Crippen molar-refractivity contribution in [2.75, 3.05) is 26.7 Å². The van der Waals surface area contributed by atoms with E-state index in [1.807, 2.05) is 25.8 Å². The lowest BCUT2D eigenvalue weighted by molar-refractivity contribution is -0.129. The fraction of sp³-hybridized carbons (Fsp3) is 0.917. The van der Waals surface area contributed by atoms with E-state index in [4.69, 9.17) is 4.74 Å². The maximum absolute atomic E-state index is 11.7. The minimum atomic E-state index is 0.0481. The highest BCUT2D eigenvalue weighted by molar-refractivity contribution is 5.83. The molecule has 1 unspecified atom stereocenters. The molecule has 0 aromatic rings. The van der Waals surface area contributed by atoms with E-state index in [0.29, 0.717) is 6.10 Å². The highest BCUT2D eigenvalue weighted by atomic mass is 16.5. The van der Waals surface area contributed by atoms with Gasteiger partial charge in [-0.2, -0.15) is 0 Å². The van der Waals surface area contributed by atoms with E-state index in [1.54, 1.807) is 0 Å². The molecular weight excluding hydrogens is 204 g/mol. The van der Waals surface area contributed by atoms with Gasteiger partial charge in [-0.1, -0.05) is 0 Å². The molecule has 94 valence electrons. The molecule has 0 spiro atoms. The molecule has 1 N–H and O–H groups in total. The third kappa shape index (κ3) is 4.10. The second-order valence-electron chi connectivity index (χ2n) is 4.58. The van der Waals surface area contributed by atoms with Crippen molar-refractivity contribution >= 4 is 5.91 Å². The predicted molar refractivity (Wildman–Crippen MR) is 64.4 cm³/mol. The molecule has 4 nitrogen and oxygen atoms in total. The molecule has 1 aliphatic heterocycles. The van der Waals surface area contributed by atoms with Crippen LogP contribution in [-0.2, 0) is 9.53 Å². The highest BCUT2D eigenvalue weighted by Gasteiger charge is 2.29. The fourth-order valence-corrected chi connectivity index (χ4v) is 1.95. The number of hydrogen-bond donors (Lipinski definition) is 1. The van der Waals surface area contributed by atoms with Crippen LogP contribution in [0, 0.1) is 0 Å². The molecule has 1 atom stereocenters. The lowest BCUT2D eigenvalue weighted by Crippen LogP contribution is -2.36. The number of unbranched alkanes of at least 4 members (excludes halogenated alkanes) is 1. The van der Waals surface area contributed by atoms with Gasteiger partial charge in [0, 0.05) is 19.7 Å². The average Bonchev–Trinajstić information content (AvgIpc) is 2.59. The molecule has 1 aliphatic rings. The van der Waals surface area contributed by atoms with Gasteiger partial charge in [0.1, 0.15) is 0 Å². The number of carbonyl (C=O) groups excluding carboxylic acids is 1. The van der Waals surface area contributed by atoms with Crippen molar-refractivity contribution in [2.24, 2.45) is 0 Å². The minimum absolute atomic E-state index is 0.0481. The minimum Gasteiger partial charge on any atom is -0.379 e. The van der Waals surface area contributed by atoms with Gasteiger partial charge in [-0.15, -0.1) is 0 Å². The van der Waals surface area contributed by atoms with E-state index < -0.39 is 0 Å². The van der Waals surface area contributed by atoms with E-state index in [-0.39, 0.29) is 11.9 Å². The van der Waals surface area contributed by atoms with Crippen LogP contribution in [0.2, 0.25) is 0 Å². The van der Waals surface area contributed by atoms with Gasteiger partial charge in [-0.05, 0) is 40.2 Å². The summed E-state index contributed by atoms with van der Waals surface area (Å²) >= 11 is 0. The topological polar surface area (TPSA) is 41.6 Å². The highest BCUT2D eigenvalue weighted by Crippen LogP contribution is 2.11. The van der Waals surface area contributed by atoms with Crippen molar-refractivity contribution in [1.82, 2.24) is 10.2 Å². The summed E-state index contributed by atoms with van der Waals surface area (Å²) in [6, 6.07) is 0.0481. The molecule has 0 aromatic carbocycles. The molecule has 1 rings (SSSR count). The number of likely N-dealkylation sites (N-methyl/N-ethyl adjacent to an activating group) is 1. The molecule has 1 amide bonds. The maximum atomic E-state index is 11.7. The lowest BCUT2D eigenvalue weighted by Gasteiger charge is -2.16. The summed E-state index contributed by atoms with van der Waals surface area (Å²) in [4.78, 5) is 13.7. The molecule has 16 heavy (non-hydrogen) atoms. The average molecular weight is 228 g/mol. The quantitative estimate of drug-likeness (QED) is 0.661. The normalized spacial score (nSPS) is 21.1. The van der Waals surface area contributed by atoms with E-state index >= 15 is 0 Å². The molecule has 0 aromatic heterocycles. The van der Waals surface area contributed by atoms with Crippen LogP contribution in [0.4, 0.5) is 0 Å². The number of ether oxygens (including phenoxy) is 1. The summed E-state index contributed by atoms with van der Waals surface area (Å²) in [6.07, 6.45) is 3.32. The standard InChI is InChI=1S/C12H24N2O2/c1-10(2)16-9-5-4-7-14-8-6-11(13-3)12(14)15/h10-11,13H,4-9H2,1-3H3. The number of nitrogens with one attached hydrogen (secondary N) is 1. The Labute approximate surface area is 98.3 Å². The molecular formula is C12H24N2O2. The Morgan fingerprint density at radius 2 is 2.25 bits per heavy atom. The number of likely N-dealkylation sites (tertiary alicyclic amines) is 1. The zero-order chi connectivity index (χ0) is 12.0. The largest absolute Gasteiger partial charge is 0.379 e. The summed E-state index contributed by atoms with van der Waals surface area (Å²) in [6.45, 7) is 6.66. The summed E-state index contributed by atoms with van der Waals surface area (Å²) in [7, 11) is 1.85. The molecule has 1 fully saturated rings. The maximum Gasteiger partial charge on any atom is 0.239 e. The third-order valence-electron chi connectivity index (χ3n) is 2.92. The molecule has 4 heteroatoms. The van der Waals surface area contributed by atoms with Crippen LogP contribution in [0.25, 0.3) is 0 Å². The van der Waals surface area contributed by atoms with Crippen molar-refractivity contribution in [2.45, 2.75) is 45.3 Å². The Morgan fingerprint density at radius 3 is 2.81 bits per heavy atom. The second kappa shape index (κ2) is 6.86. The smallest absolute Gasteiger partial charge is 0.239 e. The van der Waals surface area contributed by atoms with E-state index in [1.165, 1.54) is 0 Å². The van der Waals surface area contributed by atoms with Crippen molar-refractivity contribution in [3.05, 3.63) is 0 Å². The predicted octanol–water partition coefficient (Wildman–Crippen LogP) is 1.01. The fourth-order valence-electron chi connectivity index (χ4n) is 1.95. The van der Waals surface area contributed by atoms with E-state index in [0.717, 1.165) is 39.0 Å². The Morgan fingerprint density at radius 1 is 1.50 bits per heavy atom. The van der Waals surface area contributed by atoms with Crippen LogP contribution >= 0.6 is 0 Å². The van der Waals surface area contributed by atoms with Gasteiger partial charge in [-0.3, -0.25) is 4.79 Å². The first-order chi connectivity index (χ1) is 7.65. The van der Waals surface area contributed by atoms with Gasteiger partial charge in [-0.25, -0.2) is 0 Å². The molecule has 0 bridgehead atoms. The van der Waals surface area contributed by atoms with Crippen molar-refractivity contribution in [3.8, 4) is 0 Å². The first-order valence-electron chi connectivity index (χ1n) is 6.22. The van der Waals surface area contributed by atoms with Crippen LogP contribution in [0.1, 0.15) is 33.1 Å². The van der Waals surface area contributed by atoms with Crippen LogP contribution in [0.15, 0.2) is 0 Å². The van der Waals surface area contributed by atoms with Gasteiger partial charge in [0.15, 0.2) is 0 Å². The second-order valence-corrected chi connectivity index (χ2v) is 4.58. The van der Waals surface area contributed by atoms with Crippen LogP contribution in [0.5, 0.6) is 0 Å². The lowest BCUT2D eigenvalue weighted by atomic mass is 10.2. The van der Waals surface area contributed by atoms with Gasteiger partial charge in [0.25, 0.3) is 0 Å². The number of hydrogen-bond acceptors (Lipinski definition) is 3. The summed E-state index contributed by atoms with van der Waals surface area (Å²) in [5.74, 6) is 0.257. The van der Waals surface area contributed by atoms with Crippen LogP contribution in [-0.4, -0.2) is 49.7 Å². The van der Waals surface area contributed by atoms with Gasteiger partial charge in [0.2, 0.25) is 5.91 Å². The van der Waals surface area contributed by atoms with Crippen molar-refractivity contribution in [3.63, 3.8) is 0 Å². The number of carbonyl (C=O) groups is 1. The molecule has 1 saturated heterocycles. The summed E-state index contributed by atoms with van der Waals surface area (Å²) < 4.78 is 5.46. The molecule has 0 saturated carbocycles. The SMILES string of the molecule is CNC1CCN(CCCCOC(C)C)C1=O. The van der Waals surface area contributed by atoms with Crippen molar-refractivity contribution < 1.29 is 9.53 Å². The van der Waals surface area contributed by atoms with Gasteiger partial charge in [0.05, 0.1) is 12.1 Å². The zero-order valence-electron chi connectivity index (χ0n) is 10.7. The molecule has 1 heterocycles. The number of rotatable bonds is 7. The summed E-state index contributed by atoms with van der Waals surface area (Å²) in [5, 5.41) is 3.04. The number of amides is 1. The monoisotopic (exact) mass is 228 g/mol. The molecule has 0 aliphatic carbocycles. The van der Waals surface area contributed by atoms with Crippen molar-refractivity contribution in [1.29, 1.82) is 0 Å². The Bertz CT molecular complexity index is 219. The zero-order valence-corrected chi connectivity index (χ0v) is 10.7. The molecule has 0 radical (unpaired) electrons. The van der Waals surface area contributed by atoms with Gasteiger partial charge < -0.3 is 15.0 Å². The van der Waals surface area contributed by atoms with Crippen LogP contribution in [0.3, 0.4) is 0 Å². The number of nitrogens with zero attached hydrogens (tertiary/aromatic N) is 1. The first-order valence-corrected chi connectivity index (χ1v) is 6.22. The van der Waals surface area contributed by atoms with Gasteiger partial charge >= 0.3 is 0 Å². The van der Waals surface area contributed by atoms with Crippen LogP contribution < -0.4 is 5.32 Å².